The second-order valence-electron chi connectivity index (χ2n) is 4.69. The minimum Gasteiger partial charge on any atom is -0.339 e. The van der Waals surface area contributed by atoms with Crippen molar-refractivity contribution in [3.63, 3.8) is 0 Å². The Balaban J connectivity index is 2.24. The Morgan fingerprint density at radius 1 is 1.41 bits per heavy atom. The van der Waals surface area contributed by atoms with Crippen molar-refractivity contribution in [1.29, 1.82) is 0 Å². The Morgan fingerprint density at radius 3 is 2.82 bits per heavy atom. The van der Waals surface area contributed by atoms with Crippen LogP contribution in [0.25, 0.3) is 11.4 Å². The first kappa shape index (κ1) is 12.3. The zero-order valence-electron chi connectivity index (χ0n) is 9.77. The molecule has 90 valence electrons. The van der Waals surface area contributed by atoms with Gasteiger partial charge in [0.2, 0.25) is 11.7 Å². The summed E-state index contributed by atoms with van der Waals surface area (Å²) in [6.45, 7) is 3.85. The van der Waals surface area contributed by atoms with E-state index in [2.05, 4.69) is 26.1 Å². The van der Waals surface area contributed by atoms with Gasteiger partial charge in [-0.1, -0.05) is 33.2 Å². The molecule has 2 N–H and O–H groups in total. The summed E-state index contributed by atoms with van der Waals surface area (Å²) in [4.78, 5) is 4.33. The Hall–Kier alpha value is -1.20. The number of aromatic nitrogens is 2. The predicted molar refractivity (Wildman–Crippen MR) is 69.4 cm³/mol. The van der Waals surface area contributed by atoms with Crippen molar-refractivity contribution in [2.24, 2.45) is 5.73 Å². The maximum Gasteiger partial charge on any atom is 0.228 e. The highest BCUT2D eigenvalue weighted by Gasteiger charge is 2.17. The van der Waals surface area contributed by atoms with Gasteiger partial charge in [-0.05, 0) is 26.0 Å². The van der Waals surface area contributed by atoms with E-state index in [9.17, 15) is 0 Å². The van der Waals surface area contributed by atoms with Crippen molar-refractivity contribution in [2.45, 2.75) is 25.8 Å². The minimum atomic E-state index is -0.346. The van der Waals surface area contributed by atoms with Gasteiger partial charge in [-0.25, -0.2) is 0 Å². The van der Waals surface area contributed by atoms with Crippen molar-refractivity contribution in [3.8, 4) is 11.4 Å². The molecule has 0 aliphatic carbocycles. The second kappa shape index (κ2) is 4.58. The molecule has 0 fully saturated rings. The summed E-state index contributed by atoms with van der Waals surface area (Å²) >= 11 is 3.41. The van der Waals surface area contributed by atoms with E-state index in [0.717, 1.165) is 10.0 Å². The van der Waals surface area contributed by atoms with Crippen LogP contribution in [0.15, 0.2) is 33.3 Å². The van der Waals surface area contributed by atoms with E-state index in [0.29, 0.717) is 18.1 Å². The molecule has 1 aromatic heterocycles. The summed E-state index contributed by atoms with van der Waals surface area (Å²) in [5, 5.41) is 3.95. The van der Waals surface area contributed by atoms with Gasteiger partial charge in [0, 0.05) is 22.0 Å². The van der Waals surface area contributed by atoms with Gasteiger partial charge in [-0.15, -0.1) is 0 Å². The molecule has 0 aliphatic rings. The van der Waals surface area contributed by atoms with Gasteiger partial charge in [0.15, 0.2) is 0 Å². The lowest BCUT2D eigenvalue weighted by Crippen LogP contribution is -2.34. The molecule has 0 amide bonds. The van der Waals surface area contributed by atoms with E-state index >= 15 is 0 Å². The molecule has 1 aromatic carbocycles. The van der Waals surface area contributed by atoms with Crippen LogP contribution in [0, 0.1) is 0 Å². The summed E-state index contributed by atoms with van der Waals surface area (Å²) in [7, 11) is 0. The zero-order chi connectivity index (χ0) is 12.5. The maximum atomic E-state index is 5.90. The first-order valence-electron chi connectivity index (χ1n) is 5.31. The van der Waals surface area contributed by atoms with Crippen molar-refractivity contribution in [3.05, 3.63) is 34.6 Å². The number of hydrogen-bond donors (Lipinski definition) is 1. The van der Waals surface area contributed by atoms with Crippen molar-refractivity contribution >= 4 is 15.9 Å². The monoisotopic (exact) mass is 295 g/mol. The molecule has 0 bridgehead atoms. The third-order valence-corrected chi connectivity index (χ3v) is 2.65. The molecule has 0 atom stereocenters. The van der Waals surface area contributed by atoms with Crippen LogP contribution in [0.5, 0.6) is 0 Å². The molecule has 0 radical (unpaired) electrons. The maximum absolute atomic E-state index is 5.90. The van der Waals surface area contributed by atoms with E-state index in [1.165, 1.54) is 0 Å². The summed E-state index contributed by atoms with van der Waals surface area (Å²) in [5.74, 6) is 1.15. The van der Waals surface area contributed by atoms with E-state index in [1.807, 2.05) is 38.1 Å². The summed E-state index contributed by atoms with van der Waals surface area (Å²) in [5.41, 5.74) is 6.48. The number of rotatable bonds is 3. The van der Waals surface area contributed by atoms with Crippen LogP contribution in [-0.2, 0) is 6.42 Å². The van der Waals surface area contributed by atoms with Crippen LogP contribution in [0.4, 0.5) is 0 Å². The summed E-state index contributed by atoms with van der Waals surface area (Å²) in [6.07, 6.45) is 0.563. The third kappa shape index (κ3) is 3.38. The van der Waals surface area contributed by atoms with Crippen LogP contribution in [0.2, 0.25) is 0 Å². The van der Waals surface area contributed by atoms with E-state index in [4.69, 9.17) is 10.3 Å². The fourth-order valence-corrected chi connectivity index (χ4v) is 1.86. The number of nitrogens with zero attached hydrogens (tertiary/aromatic N) is 2. The molecule has 0 spiro atoms. The highest BCUT2D eigenvalue weighted by Crippen LogP contribution is 2.21. The Morgan fingerprint density at radius 2 is 2.18 bits per heavy atom. The fraction of sp³-hybridized carbons (Fsp3) is 0.333. The van der Waals surface area contributed by atoms with Gasteiger partial charge >= 0.3 is 0 Å². The van der Waals surface area contributed by atoms with Gasteiger partial charge in [0.05, 0.1) is 0 Å². The lowest BCUT2D eigenvalue weighted by molar-refractivity contribution is 0.348. The van der Waals surface area contributed by atoms with Crippen LogP contribution < -0.4 is 5.73 Å². The first-order chi connectivity index (χ1) is 7.94. The average Bonchev–Trinajstić information content (AvgIpc) is 2.63. The molecule has 2 aromatic rings. The molecular formula is C12H14BrN3O. The van der Waals surface area contributed by atoms with Crippen LogP contribution in [0.1, 0.15) is 19.7 Å². The summed E-state index contributed by atoms with van der Waals surface area (Å²) < 4.78 is 6.17. The van der Waals surface area contributed by atoms with Gasteiger partial charge in [0.25, 0.3) is 0 Å². The molecule has 4 nitrogen and oxygen atoms in total. The van der Waals surface area contributed by atoms with Crippen molar-refractivity contribution in [1.82, 2.24) is 10.1 Å². The number of benzene rings is 1. The Bertz CT molecular complexity index is 516. The van der Waals surface area contributed by atoms with Crippen LogP contribution >= 0.6 is 15.9 Å². The topological polar surface area (TPSA) is 64.9 Å². The molecule has 0 saturated carbocycles. The lowest BCUT2D eigenvalue weighted by atomic mass is 10.0. The second-order valence-corrected chi connectivity index (χ2v) is 5.60. The highest BCUT2D eigenvalue weighted by atomic mass is 79.9. The van der Waals surface area contributed by atoms with Crippen molar-refractivity contribution < 1.29 is 4.52 Å². The lowest BCUT2D eigenvalue weighted by Gasteiger charge is -2.14. The van der Waals surface area contributed by atoms with E-state index in [-0.39, 0.29) is 5.54 Å². The standard InChI is InChI=1S/C12H14BrN3O/c1-12(2,14)7-10-15-11(16-17-10)8-4-3-5-9(13)6-8/h3-6H,7,14H2,1-2H3. The third-order valence-electron chi connectivity index (χ3n) is 2.16. The normalized spacial score (nSPS) is 11.8. The quantitative estimate of drug-likeness (QED) is 0.946. The largest absolute Gasteiger partial charge is 0.339 e. The Kier molecular flexibility index (Phi) is 3.31. The highest BCUT2D eigenvalue weighted by molar-refractivity contribution is 9.10. The summed E-state index contributed by atoms with van der Waals surface area (Å²) in [6, 6.07) is 7.77. The Labute approximate surface area is 108 Å². The smallest absolute Gasteiger partial charge is 0.228 e. The molecule has 0 aliphatic heterocycles. The van der Waals surface area contributed by atoms with E-state index in [1.54, 1.807) is 0 Å². The van der Waals surface area contributed by atoms with Crippen LogP contribution in [0.3, 0.4) is 0 Å². The van der Waals surface area contributed by atoms with Gasteiger partial charge < -0.3 is 10.3 Å². The molecule has 0 saturated heterocycles. The number of hydrogen-bond acceptors (Lipinski definition) is 4. The molecule has 0 unspecified atom stereocenters. The zero-order valence-corrected chi connectivity index (χ0v) is 11.4. The molecule has 17 heavy (non-hydrogen) atoms. The fourth-order valence-electron chi connectivity index (χ4n) is 1.46. The molecule has 2 rings (SSSR count). The van der Waals surface area contributed by atoms with Gasteiger partial charge in [0.1, 0.15) is 0 Å². The predicted octanol–water partition coefficient (Wildman–Crippen LogP) is 2.78. The van der Waals surface area contributed by atoms with Gasteiger partial charge in [-0.2, -0.15) is 4.98 Å². The molecular weight excluding hydrogens is 282 g/mol. The first-order valence-corrected chi connectivity index (χ1v) is 6.11. The average molecular weight is 296 g/mol. The number of halogens is 1. The molecule has 5 heteroatoms. The van der Waals surface area contributed by atoms with Crippen LogP contribution in [-0.4, -0.2) is 15.7 Å². The van der Waals surface area contributed by atoms with Crippen molar-refractivity contribution in [2.75, 3.05) is 0 Å². The molecule has 1 heterocycles. The minimum absolute atomic E-state index is 0.346. The van der Waals surface area contributed by atoms with Gasteiger partial charge in [-0.3, -0.25) is 0 Å². The van der Waals surface area contributed by atoms with E-state index < -0.39 is 0 Å². The SMILES string of the molecule is CC(C)(N)Cc1nc(-c2cccc(Br)c2)no1. The number of nitrogens with two attached hydrogens (primary N) is 1.